The Hall–Kier alpha value is -2.43. The zero-order valence-corrected chi connectivity index (χ0v) is 9.34. The van der Waals surface area contributed by atoms with Crippen molar-refractivity contribution in [2.75, 3.05) is 12.4 Å². The van der Waals surface area contributed by atoms with Gasteiger partial charge in [-0.15, -0.1) is 5.10 Å². The van der Waals surface area contributed by atoms with Gasteiger partial charge in [0.2, 0.25) is 5.90 Å². The number of anilines is 2. The molecule has 86 valence electrons. The molecule has 0 amide bonds. The van der Waals surface area contributed by atoms with Gasteiger partial charge in [-0.05, 0) is 18.2 Å². The van der Waals surface area contributed by atoms with Gasteiger partial charge in [0, 0.05) is 5.69 Å². The topological polar surface area (TPSA) is 70.9 Å². The number of para-hydroxylation sites is 1. The van der Waals surface area contributed by atoms with E-state index in [1.165, 1.54) is 13.3 Å². The quantitative estimate of drug-likeness (QED) is 0.624. The fraction of sp³-hybridized carbons (Fsp3) is 0.0833. The van der Waals surface area contributed by atoms with E-state index in [-0.39, 0.29) is 5.90 Å². The third kappa shape index (κ3) is 2.57. The van der Waals surface area contributed by atoms with Crippen LogP contribution in [0.15, 0.2) is 42.6 Å². The van der Waals surface area contributed by atoms with Crippen molar-refractivity contribution in [2.45, 2.75) is 0 Å². The summed E-state index contributed by atoms with van der Waals surface area (Å²) in [5.74, 6) is 0.559. The van der Waals surface area contributed by atoms with Gasteiger partial charge in [-0.1, -0.05) is 18.2 Å². The first-order valence-corrected chi connectivity index (χ1v) is 5.08. The largest absolute Gasteiger partial charge is 0.481 e. The minimum Gasteiger partial charge on any atom is -0.481 e. The number of aromatic nitrogens is 2. The third-order valence-corrected chi connectivity index (χ3v) is 2.21. The van der Waals surface area contributed by atoms with Crippen molar-refractivity contribution in [3.8, 4) is 0 Å². The molecule has 5 heteroatoms. The molecule has 17 heavy (non-hydrogen) atoms. The van der Waals surface area contributed by atoms with Crippen molar-refractivity contribution >= 4 is 17.4 Å². The first-order valence-electron chi connectivity index (χ1n) is 5.08. The number of hydrogen-bond acceptors (Lipinski definition) is 5. The van der Waals surface area contributed by atoms with Gasteiger partial charge in [0.25, 0.3) is 0 Å². The lowest BCUT2D eigenvalue weighted by atomic mass is 10.2. The summed E-state index contributed by atoms with van der Waals surface area (Å²) in [5, 5.41) is 18.5. The van der Waals surface area contributed by atoms with E-state index in [0.717, 1.165) is 5.69 Å². The summed E-state index contributed by atoms with van der Waals surface area (Å²) < 4.78 is 4.89. The lowest BCUT2D eigenvalue weighted by Gasteiger charge is -2.09. The first-order chi connectivity index (χ1) is 8.31. The Labute approximate surface area is 99.0 Å². The van der Waals surface area contributed by atoms with Gasteiger partial charge in [0.05, 0.1) is 18.9 Å². The molecule has 5 nitrogen and oxygen atoms in total. The van der Waals surface area contributed by atoms with Crippen molar-refractivity contribution in [3.63, 3.8) is 0 Å². The second-order valence-corrected chi connectivity index (χ2v) is 3.32. The van der Waals surface area contributed by atoms with E-state index < -0.39 is 0 Å². The molecule has 0 aliphatic heterocycles. The molecular weight excluding hydrogens is 216 g/mol. The maximum Gasteiger partial charge on any atom is 0.216 e. The van der Waals surface area contributed by atoms with Gasteiger partial charge in [-0.25, -0.2) is 0 Å². The van der Waals surface area contributed by atoms with Crippen molar-refractivity contribution in [2.24, 2.45) is 0 Å². The highest BCUT2D eigenvalue weighted by atomic mass is 16.5. The smallest absolute Gasteiger partial charge is 0.216 e. The van der Waals surface area contributed by atoms with Crippen LogP contribution in [0, 0.1) is 5.41 Å². The zero-order valence-electron chi connectivity index (χ0n) is 9.34. The van der Waals surface area contributed by atoms with Crippen LogP contribution in [-0.2, 0) is 4.74 Å². The van der Waals surface area contributed by atoms with E-state index >= 15 is 0 Å². The molecule has 2 aromatic rings. The Morgan fingerprint density at radius 2 is 2.00 bits per heavy atom. The number of benzene rings is 1. The molecular formula is C12H12N4O. The second-order valence-electron chi connectivity index (χ2n) is 3.32. The number of nitrogens with one attached hydrogen (secondary N) is 2. The average molecular weight is 228 g/mol. The second kappa shape index (κ2) is 5.07. The van der Waals surface area contributed by atoms with Crippen molar-refractivity contribution in [3.05, 3.63) is 48.2 Å². The van der Waals surface area contributed by atoms with E-state index in [9.17, 15) is 0 Å². The van der Waals surface area contributed by atoms with Gasteiger partial charge in [-0.3, -0.25) is 5.41 Å². The molecule has 0 radical (unpaired) electrons. The predicted octanol–water partition coefficient (Wildman–Crippen LogP) is 2.19. The summed E-state index contributed by atoms with van der Waals surface area (Å²) in [6.07, 6.45) is 1.53. The van der Waals surface area contributed by atoms with Gasteiger partial charge >= 0.3 is 0 Å². The molecule has 0 saturated carbocycles. The first kappa shape index (κ1) is 11.1. The summed E-state index contributed by atoms with van der Waals surface area (Å²) in [5.41, 5.74) is 1.46. The number of hydrogen-bond donors (Lipinski definition) is 2. The van der Waals surface area contributed by atoms with Gasteiger partial charge in [-0.2, -0.15) is 5.10 Å². The van der Waals surface area contributed by atoms with Crippen molar-refractivity contribution in [1.29, 1.82) is 5.41 Å². The molecule has 1 aromatic heterocycles. The number of methoxy groups -OCH3 is 1. The Morgan fingerprint density at radius 1 is 1.24 bits per heavy atom. The van der Waals surface area contributed by atoms with Crippen LogP contribution in [0.3, 0.4) is 0 Å². The lowest BCUT2D eigenvalue weighted by Crippen LogP contribution is -2.08. The Morgan fingerprint density at radius 3 is 2.71 bits per heavy atom. The van der Waals surface area contributed by atoms with Crippen LogP contribution >= 0.6 is 0 Å². The summed E-state index contributed by atoms with van der Waals surface area (Å²) >= 11 is 0. The molecule has 2 rings (SSSR count). The highest BCUT2D eigenvalue weighted by Gasteiger charge is 2.09. The minimum atomic E-state index is 0.0540. The van der Waals surface area contributed by atoms with E-state index in [4.69, 9.17) is 10.1 Å². The van der Waals surface area contributed by atoms with Crippen LogP contribution in [0.5, 0.6) is 0 Å². The molecule has 0 aliphatic rings. The van der Waals surface area contributed by atoms with Crippen LogP contribution in [0.25, 0.3) is 0 Å². The number of rotatable bonds is 3. The molecule has 0 atom stereocenters. The van der Waals surface area contributed by atoms with Gasteiger partial charge < -0.3 is 10.1 Å². The highest BCUT2D eigenvalue weighted by Crippen LogP contribution is 2.17. The van der Waals surface area contributed by atoms with Crippen molar-refractivity contribution < 1.29 is 4.74 Å². The maximum absolute atomic E-state index is 7.66. The molecule has 2 N–H and O–H groups in total. The van der Waals surface area contributed by atoms with E-state index in [0.29, 0.717) is 11.4 Å². The van der Waals surface area contributed by atoms with Crippen molar-refractivity contribution in [1.82, 2.24) is 10.2 Å². The fourth-order valence-electron chi connectivity index (χ4n) is 1.38. The summed E-state index contributed by atoms with van der Waals surface area (Å²) in [6.45, 7) is 0. The van der Waals surface area contributed by atoms with Crippen LogP contribution in [-0.4, -0.2) is 23.2 Å². The average Bonchev–Trinajstić information content (AvgIpc) is 2.40. The molecule has 1 heterocycles. The van der Waals surface area contributed by atoms with Crippen LogP contribution in [0.4, 0.5) is 11.5 Å². The highest BCUT2D eigenvalue weighted by molar-refractivity contribution is 5.96. The maximum atomic E-state index is 7.66. The van der Waals surface area contributed by atoms with Crippen LogP contribution < -0.4 is 5.32 Å². The van der Waals surface area contributed by atoms with E-state index in [1.807, 2.05) is 30.3 Å². The van der Waals surface area contributed by atoms with Gasteiger partial charge in [0.1, 0.15) is 0 Å². The summed E-state index contributed by atoms with van der Waals surface area (Å²) in [7, 11) is 1.45. The molecule has 0 saturated heterocycles. The molecule has 0 unspecified atom stereocenters. The number of ether oxygens (including phenoxy) is 1. The SMILES string of the molecule is COC(=N)c1ccnnc1Nc1ccccc1. The monoisotopic (exact) mass is 228 g/mol. The normalized spacial score (nSPS) is 9.71. The minimum absolute atomic E-state index is 0.0540. The lowest BCUT2D eigenvalue weighted by molar-refractivity contribution is 0.401. The van der Waals surface area contributed by atoms with E-state index in [1.54, 1.807) is 6.07 Å². The summed E-state index contributed by atoms with van der Waals surface area (Å²) in [6, 6.07) is 11.3. The number of nitrogens with zero attached hydrogens (tertiary/aromatic N) is 2. The Balaban J connectivity index is 2.30. The molecule has 0 aliphatic carbocycles. The molecule has 0 spiro atoms. The molecule has 0 fully saturated rings. The molecule has 1 aromatic carbocycles. The standard InChI is InChI=1S/C12H12N4O/c1-17-11(13)10-7-8-14-16-12(10)15-9-5-3-2-4-6-9/h2-8,13H,1H3,(H,15,16). The van der Waals surface area contributed by atoms with Crippen LogP contribution in [0.1, 0.15) is 5.56 Å². The third-order valence-electron chi connectivity index (χ3n) is 2.21. The zero-order chi connectivity index (χ0) is 12.1. The molecule has 0 bridgehead atoms. The van der Waals surface area contributed by atoms with E-state index in [2.05, 4.69) is 15.5 Å². The van der Waals surface area contributed by atoms with Gasteiger partial charge in [0.15, 0.2) is 5.82 Å². The summed E-state index contributed by atoms with van der Waals surface area (Å²) in [4.78, 5) is 0. The van der Waals surface area contributed by atoms with Crippen LogP contribution in [0.2, 0.25) is 0 Å². The fourth-order valence-corrected chi connectivity index (χ4v) is 1.38. The Kier molecular flexibility index (Phi) is 3.30. The Bertz CT molecular complexity index is 513. The predicted molar refractivity (Wildman–Crippen MR) is 65.6 cm³/mol.